The van der Waals surface area contributed by atoms with Gasteiger partial charge in [0.15, 0.2) is 0 Å². The zero-order valence-electron chi connectivity index (χ0n) is 10.3. The Balaban J connectivity index is 1.82. The number of benzene rings is 1. The lowest BCUT2D eigenvalue weighted by Crippen LogP contribution is -2.11. The maximum absolute atomic E-state index is 5.39. The minimum absolute atomic E-state index is 0.640. The number of nitrogens with zero attached hydrogens (tertiary/aromatic N) is 2. The summed E-state index contributed by atoms with van der Waals surface area (Å²) in [5.74, 6) is 0.640. The fraction of sp³-hybridized carbons (Fsp3) is 0.286. The van der Waals surface area contributed by atoms with Crippen LogP contribution in [0.15, 0.2) is 43.1 Å². The largest absolute Gasteiger partial charge is 0.379 e. The summed E-state index contributed by atoms with van der Waals surface area (Å²) in [6.07, 6.45) is 4.55. The van der Waals surface area contributed by atoms with Crippen molar-refractivity contribution < 1.29 is 4.74 Å². The van der Waals surface area contributed by atoms with Crippen LogP contribution in [0.1, 0.15) is 6.42 Å². The Morgan fingerprint density at radius 1 is 1.28 bits per heavy atom. The molecule has 0 radical (unpaired) electrons. The Morgan fingerprint density at radius 2 is 2.17 bits per heavy atom. The molecule has 1 aromatic heterocycles. The summed E-state index contributed by atoms with van der Waals surface area (Å²) in [7, 11) is 0. The number of aromatic nitrogens is 2. The van der Waals surface area contributed by atoms with Gasteiger partial charge in [0.2, 0.25) is 5.95 Å². The summed E-state index contributed by atoms with van der Waals surface area (Å²) in [5, 5.41) is 4.19. The summed E-state index contributed by atoms with van der Waals surface area (Å²) in [4.78, 5) is 8.66. The van der Waals surface area contributed by atoms with E-state index in [4.69, 9.17) is 4.74 Å². The van der Waals surface area contributed by atoms with Crippen LogP contribution in [0.4, 0.5) is 5.95 Å². The number of ether oxygens (including phenoxy) is 1. The molecule has 0 bridgehead atoms. The van der Waals surface area contributed by atoms with Gasteiger partial charge in [-0.3, -0.25) is 0 Å². The Hall–Kier alpha value is -1.94. The molecule has 0 unspecified atom stereocenters. The molecule has 0 amide bonds. The van der Waals surface area contributed by atoms with Crippen molar-refractivity contribution in [3.63, 3.8) is 0 Å². The maximum Gasteiger partial charge on any atom is 0.223 e. The molecule has 0 saturated heterocycles. The number of para-hydroxylation sites is 1. The molecular weight excluding hydrogens is 226 g/mol. The smallest absolute Gasteiger partial charge is 0.223 e. The van der Waals surface area contributed by atoms with E-state index in [9.17, 15) is 0 Å². The van der Waals surface area contributed by atoms with Crippen LogP contribution in [0.5, 0.6) is 0 Å². The molecule has 0 aliphatic heterocycles. The summed E-state index contributed by atoms with van der Waals surface area (Å²) in [5.41, 5.74) is 0.947. The lowest BCUT2D eigenvalue weighted by molar-refractivity contribution is 0.149. The predicted octanol–water partition coefficient (Wildman–Crippen LogP) is 2.63. The van der Waals surface area contributed by atoms with E-state index < -0.39 is 0 Å². The number of hydrogen-bond acceptors (Lipinski definition) is 4. The van der Waals surface area contributed by atoms with E-state index in [0.717, 1.165) is 17.3 Å². The molecule has 0 atom stereocenters. The molecule has 0 aliphatic carbocycles. The molecule has 2 aromatic rings. The Labute approximate surface area is 107 Å². The minimum Gasteiger partial charge on any atom is -0.379 e. The van der Waals surface area contributed by atoms with Gasteiger partial charge < -0.3 is 10.1 Å². The highest BCUT2D eigenvalue weighted by Crippen LogP contribution is 2.11. The molecule has 4 heteroatoms. The second-order valence-electron chi connectivity index (χ2n) is 3.87. The van der Waals surface area contributed by atoms with Crippen LogP contribution in [0.2, 0.25) is 0 Å². The van der Waals surface area contributed by atoms with Crippen molar-refractivity contribution in [2.75, 3.05) is 25.1 Å². The van der Waals surface area contributed by atoms with Gasteiger partial charge in [-0.05, 0) is 12.5 Å². The van der Waals surface area contributed by atoms with Crippen LogP contribution in [-0.2, 0) is 4.74 Å². The molecule has 0 aliphatic rings. The van der Waals surface area contributed by atoms with Gasteiger partial charge in [-0.1, -0.05) is 24.3 Å². The second-order valence-corrected chi connectivity index (χ2v) is 3.87. The van der Waals surface area contributed by atoms with Gasteiger partial charge in [0.05, 0.1) is 18.7 Å². The third-order valence-corrected chi connectivity index (χ3v) is 2.48. The highest BCUT2D eigenvalue weighted by atomic mass is 16.5. The van der Waals surface area contributed by atoms with Crippen molar-refractivity contribution in [1.29, 1.82) is 0 Å². The van der Waals surface area contributed by atoms with E-state index >= 15 is 0 Å². The van der Waals surface area contributed by atoms with Crippen molar-refractivity contribution in [2.24, 2.45) is 0 Å². The average molecular weight is 243 g/mol. The van der Waals surface area contributed by atoms with Gasteiger partial charge in [-0.15, -0.1) is 6.58 Å². The van der Waals surface area contributed by atoms with Crippen LogP contribution in [0, 0.1) is 0 Å². The molecule has 1 heterocycles. The van der Waals surface area contributed by atoms with E-state index in [2.05, 4.69) is 21.9 Å². The van der Waals surface area contributed by atoms with E-state index in [-0.39, 0.29) is 0 Å². The normalized spacial score (nSPS) is 10.4. The van der Waals surface area contributed by atoms with Gasteiger partial charge in [0.1, 0.15) is 0 Å². The Bertz CT molecular complexity index is 513. The number of nitrogens with one attached hydrogen (secondary N) is 1. The zero-order valence-corrected chi connectivity index (χ0v) is 10.3. The van der Waals surface area contributed by atoms with Crippen molar-refractivity contribution in [3.8, 4) is 0 Å². The predicted molar refractivity (Wildman–Crippen MR) is 73.7 cm³/mol. The minimum atomic E-state index is 0.640. The van der Waals surface area contributed by atoms with Crippen molar-refractivity contribution >= 4 is 16.9 Å². The molecule has 0 saturated carbocycles. The van der Waals surface area contributed by atoms with Gasteiger partial charge in [-0.2, -0.15) is 0 Å². The lowest BCUT2D eigenvalue weighted by Gasteiger charge is -2.06. The SMILES string of the molecule is C=CCCOCCNc1ncc2ccccc2n1. The maximum atomic E-state index is 5.39. The zero-order chi connectivity index (χ0) is 12.6. The van der Waals surface area contributed by atoms with E-state index in [1.165, 1.54) is 0 Å². The first-order valence-corrected chi connectivity index (χ1v) is 6.04. The highest BCUT2D eigenvalue weighted by Gasteiger charge is 1.98. The highest BCUT2D eigenvalue weighted by molar-refractivity contribution is 5.78. The summed E-state index contributed by atoms with van der Waals surface area (Å²) >= 11 is 0. The lowest BCUT2D eigenvalue weighted by atomic mass is 10.2. The van der Waals surface area contributed by atoms with Crippen molar-refractivity contribution in [2.45, 2.75) is 6.42 Å². The molecule has 1 N–H and O–H groups in total. The third kappa shape index (κ3) is 3.53. The number of fused-ring (bicyclic) bond motifs is 1. The third-order valence-electron chi connectivity index (χ3n) is 2.48. The van der Waals surface area contributed by atoms with Crippen LogP contribution in [0.25, 0.3) is 10.9 Å². The molecule has 4 nitrogen and oxygen atoms in total. The van der Waals surface area contributed by atoms with Crippen LogP contribution >= 0.6 is 0 Å². The number of anilines is 1. The Kier molecular flexibility index (Phi) is 4.67. The molecule has 0 fully saturated rings. The molecular formula is C14H17N3O. The number of hydrogen-bond donors (Lipinski definition) is 1. The standard InChI is InChI=1S/C14H17N3O/c1-2-3-9-18-10-8-15-14-16-11-12-6-4-5-7-13(12)17-14/h2,4-7,11H,1,3,8-10H2,(H,15,16,17). The van der Waals surface area contributed by atoms with Gasteiger partial charge in [0.25, 0.3) is 0 Å². The monoisotopic (exact) mass is 243 g/mol. The first kappa shape index (κ1) is 12.5. The molecule has 0 spiro atoms. The summed E-state index contributed by atoms with van der Waals surface area (Å²) < 4.78 is 5.39. The van der Waals surface area contributed by atoms with E-state index in [0.29, 0.717) is 25.7 Å². The summed E-state index contributed by atoms with van der Waals surface area (Å²) in [6, 6.07) is 7.92. The fourth-order valence-corrected chi connectivity index (χ4v) is 1.56. The van der Waals surface area contributed by atoms with Crippen molar-refractivity contribution in [3.05, 3.63) is 43.1 Å². The van der Waals surface area contributed by atoms with Crippen LogP contribution in [-0.4, -0.2) is 29.7 Å². The topological polar surface area (TPSA) is 47.0 Å². The van der Waals surface area contributed by atoms with Crippen molar-refractivity contribution in [1.82, 2.24) is 9.97 Å². The van der Waals surface area contributed by atoms with Crippen LogP contribution in [0.3, 0.4) is 0 Å². The van der Waals surface area contributed by atoms with Gasteiger partial charge >= 0.3 is 0 Å². The summed E-state index contributed by atoms with van der Waals surface area (Å²) in [6.45, 7) is 5.70. The quantitative estimate of drug-likeness (QED) is 0.600. The first-order chi connectivity index (χ1) is 8.90. The Morgan fingerprint density at radius 3 is 3.06 bits per heavy atom. The fourth-order valence-electron chi connectivity index (χ4n) is 1.56. The molecule has 18 heavy (non-hydrogen) atoms. The van der Waals surface area contributed by atoms with Gasteiger partial charge in [0, 0.05) is 18.1 Å². The second kappa shape index (κ2) is 6.71. The first-order valence-electron chi connectivity index (χ1n) is 6.04. The molecule has 2 rings (SSSR count). The average Bonchev–Trinajstić information content (AvgIpc) is 2.42. The molecule has 94 valence electrons. The number of rotatable bonds is 7. The van der Waals surface area contributed by atoms with Crippen LogP contribution < -0.4 is 5.32 Å². The molecule has 1 aromatic carbocycles. The van der Waals surface area contributed by atoms with E-state index in [1.807, 2.05) is 36.5 Å². The van der Waals surface area contributed by atoms with E-state index in [1.54, 1.807) is 0 Å². The van der Waals surface area contributed by atoms with Gasteiger partial charge in [-0.25, -0.2) is 9.97 Å².